The van der Waals surface area contributed by atoms with Gasteiger partial charge in [0, 0.05) is 7.05 Å². The summed E-state index contributed by atoms with van der Waals surface area (Å²) in [6, 6.07) is 7.20. The van der Waals surface area contributed by atoms with Crippen molar-refractivity contribution in [2.24, 2.45) is 0 Å². The number of benzene rings is 1. The van der Waals surface area contributed by atoms with E-state index in [1.807, 2.05) is 12.1 Å². The minimum absolute atomic E-state index is 0.169. The van der Waals surface area contributed by atoms with Crippen LogP contribution in [0.15, 0.2) is 24.3 Å². The van der Waals surface area contributed by atoms with Gasteiger partial charge in [0.05, 0.1) is 0 Å². The van der Waals surface area contributed by atoms with E-state index in [4.69, 9.17) is 26.9 Å². The first-order valence-corrected chi connectivity index (χ1v) is 5.31. The van der Waals surface area contributed by atoms with Gasteiger partial charge in [0.15, 0.2) is 11.8 Å². The molecule has 7 heteroatoms. The number of rotatable bonds is 5. The van der Waals surface area contributed by atoms with Crippen LogP contribution >= 0.6 is 12.2 Å². The second-order valence-corrected chi connectivity index (χ2v) is 3.37. The van der Waals surface area contributed by atoms with Gasteiger partial charge in [-0.05, 0) is 29.9 Å². The third kappa shape index (κ3) is 6.85. The van der Waals surface area contributed by atoms with Crippen LogP contribution < -0.4 is 15.4 Å². The zero-order valence-corrected chi connectivity index (χ0v) is 10.6. The van der Waals surface area contributed by atoms with Crippen LogP contribution in [0.2, 0.25) is 0 Å². The quantitative estimate of drug-likeness (QED) is 0.185. The molecular formula is C11H14N2O4S. The van der Waals surface area contributed by atoms with Crippen LogP contribution in [0.4, 0.5) is 0 Å². The van der Waals surface area contributed by atoms with E-state index in [1.54, 1.807) is 19.2 Å². The zero-order valence-electron chi connectivity index (χ0n) is 9.80. The van der Waals surface area contributed by atoms with Gasteiger partial charge in [-0.1, -0.05) is 12.1 Å². The number of hydrogen-bond donors (Lipinski definition) is 3. The Labute approximate surface area is 111 Å². The minimum atomic E-state index is 0.169. The number of thiocarbonyl (C=S) groups is 1. The second-order valence-electron chi connectivity index (χ2n) is 2.96. The first kappa shape index (κ1) is 16.4. The summed E-state index contributed by atoms with van der Waals surface area (Å²) in [5.41, 5.74) is 0.869. The van der Waals surface area contributed by atoms with Crippen molar-refractivity contribution in [1.82, 2.24) is 10.6 Å². The van der Waals surface area contributed by atoms with Gasteiger partial charge in [-0.15, -0.1) is 0 Å². The molecule has 1 rings (SSSR count). The van der Waals surface area contributed by atoms with Crippen molar-refractivity contribution in [3.05, 3.63) is 36.5 Å². The van der Waals surface area contributed by atoms with Gasteiger partial charge in [-0.2, -0.15) is 0 Å². The van der Waals surface area contributed by atoms with Crippen molar-refractivity contribution in [3.63, 3.8) is 0 Å². The summed E-state index contributed by atoms with van der Waals surface area (Å²) in [5, 5.41) is 14.4. The molecule has 0 saturated carbocycles. The number of ether oxygens (including phenoxy) is 1. The SMILES string of the molecule is CNC(=S)NCOc1ccc(COO)cc1.[C-]#[O+]. The van der Waals surface area contributed by atoms with Crippen molar-refractivity contribution in [1.29, 1.82) is 0 Å². The van der Waals surface area contributed by atoms with Gasteiger partial charge < -0.3 is 15.4 Å². The van der Waals surface area contributed by atoms with E-state index in [0.29, 0.717) is 17.6 Å². The summed E-state index contributed by atoms with van der Waals surface area (Å²) in [5.74, 6) is 0.716. The van der Waals surface area contributed by atoms with Gasteiger partial charge in [-0.25, -0.2) is 4.89 Å². The van der Waals surface area contributed by atoms with E-state index >= 15 is 0 Å². The molecule has 0 fully saturated rings. The molecular weight excluding hydrogens is 256 g/mol. The van der Waals surface area contributed by atoms with E-state index in [-0.39, 0.29) is 6.61 Å². The molecule has 0 aliphatic carbocycles. The van der Waals surface area contributed by atoms with Crippen LogP contribution in [-0.2, 0) is 16.1 Å². The Bertz CT molecular complexity index is 367. The first-order valence-electron chi connectivity index (χ1n) is 4.90. The fourth-order valence-electron chi connectivity index (χ4n) is 1.03. The summed E-state index contributed by atoms with van der Waals surface area (Å²) in [6.07, 6.45) is 0. The van der Waals surface area contributed by atoms with Crippen LogP contribution in [-0.4, -0.2) is 24.1 Å². The molecule has 0 aliphatic heterocycles. The van der Waals surface area contributed by atoms with E-state index in [1.165, 1.54) is 0 Å². The van der Waals surface area contributed by atoms with Crippen LogP contribution in [0.5, 0.6) is 5.75 Å². The number of hydrogen-bond acceptors (Lipinski definition) is 4. The monoisotopic (exact) mass is 270 g/mol. The van der Waals surface area contributed by atoms with E-state index in [0.717, 1.165) is 5.56 Å². The van der Waals surface area contributed by atoms with Gasteiger partial charge in [-0.3, -0.25) is 5.26 Å². The molecule has 0 aliphatic rings. The topological polar surface area (TPSA) is 82.7 Å². The molecule has 18 heavy (non-hydrogen) atoms. The Hall–Kier alpha value is -1.63. The van der Waals surface area contributed by atoms with Gasteiger partial charge in [0.2, 0.25) is 0 Å². The van der Waals surface area contributed by atoms with Crippen molar-refractivity contribution < 1.29 is 19.5 Å². The standard InChI is InChI=1S/C10H14N2O3S.CO/c1-11-10(16)12-7-14-9-4-2-8(3-5-9)6-15-13;1-2/h2-5,13H,6-7H2,1H3,(H2,11,12,16);. The van der Waals surface area contributed by atoms with Crippen molar-refractivity contribution in [2.45, 2.75) is 6.61 Å². The molecule has 0 heterocycles. The molecule has 98 valence electrons. The molecule has 1 aromatic carbocycles. The Morgan fingerprint density at radius 3 is 2.50 bits per heavy atom. The van der Waals surface area contributed by atoms with Gasteiger partial charge >= 0.3 is 11.3 Å². The van der Waals surface area contributed by atoms with Crippen LogP contribution in [0.1, 0.15) is 5.56 Å². The molecule has 0 atom stereocenters. The van der Waals surface area contributed by atoms with E-state index in [2.05, 4.69) is 22.2 Å². The fraction of sp³-hybridized carbons (Fsp3) is 0.273. The third-order valence-electron chi connectivity index (χ3n) is 1.85. The summed E-state index contributed by atoms with van der Waals surface area (Å²) in [6.45, 7) is 4.97. The second kappa shape index (κ2) is 10.5. The Morgan fingerprint density at radius 1 is 1.39 bits per heavy atom. The van der Waals surface area contributed by atoms with Crippen LogP contribution in [0.3, 0.4) is 0 Å². The fourth-order valence-corrected chi connectivity index (χ4v) is 1.09. The molecule has 0 bridgehead atoms. The average molecular weight is 270 g/mol. The molecule has 6 nitrogen and oxygen atoms in total. The molecule has 0 saturated heterocycles. The predicted octanol–water partition coefficient (Wildman–Crippen LogP) is 1.07. The molecule has 0 unspecified atom stereocenters. The zero-order chi connectivity index (χ0) is 13.8. The Morgan fingerprint density at radius 2 is 2.00 bits per heavy atom. The maximum atomic E-state index is 8.26. The van der Waals surface area contributed by atoms with Gasteiger partial charge in [0.1, 0.15) is 12.4 Å². The summed E-state index contributed by atoms with van der Waals surface area (Å²) in [7, 11) is 1.74. The summed E-state index contributed by atoms with van der Waals surface area (Å²) < 4.78 is 12.9. The molecule has 3 N–H and O–H groups in total. The number of nitrogens with one attached hydrogen (secondary N) is 2. The predicted molar refractivity (Wildman–Crippen MR) is 68.1 cm³/mol. The molecule has 0 aromatic heterocycles. The first-order chi connectivity index (χ1) is 8.76. The van der Waals surface area contributed by atoms with E-state index < -0.39 is 0 Å². The normalized spacial score (nSPS) is 8.67. The Kier molecular flexibility index (Phi) is 9.57. The molecule has 0 amide bonds. The van der Waals surface area contributed by atoms with Crippen molar-refractivity contribution in [3.8, 4) is 5.75 Å². The molecule has 1 aromatic rings. The van der Waals surface area contributed by atoms with E-state index in [9.17, 15) is 0 Å². The summed E-state index contributed by atoms with van der Waals surface area (Å²) >= 11 is 4.88. The van der Waals surface area contributed by atoms with Crippen molar-refractivity contribution >= 4 is 17.3 Å². The molecule has 0 spiro atoms. The van der Waals surface area contributed by atoms with Gasteiger partial charge in [0.25, 0.3) is 0 Å². The third-order valence-corrected chi connectivity index (χ3v) is 2.20. The average Bonchev–Trinajstić information content (AvgIpc) is 2.43. The Balaban J connectivity index is 0.00000137. The van der Waals surface area contributed by atoms with Crippen LogP contribution in [0.25, 0.3) is 0 Å². The summed E-state index contributed by atoms with van der Waals surface area (Å²) in [4.78, 5) is 4.02. The molecule has 0 radical (unpaired) electrons. The van der Waals surface area contributed by atoms with Crippen molar-refractivity contribution in [2.75, 3.05) is 13.8 Å². The van der Waals surface area contributed by atoms with Crippen LogP contribution in [0, 0.1) is 6.65 Å². The maximum absolute atomic E-state index is 8.26.